The second-order valence-electron chi connectivity index (χ2n) is 10.3. The molecule has 2 unspecified atom stereocenters. The molecule has 0 radical (unpaired) electrons. The van der Waals surface area contributed by atoms with Crippen LogP contribution in [0.4, 0.5) is 0 Å². The molecule has 0 bridgehead atoms. The maximum absolute atomic E-state index is 6.05. The second-order valence-corrected chi connectivity index (χ2v) is 10.3. The average molecular weight is 363 g/mol. The van der Waals surface area contributed by atoms with E-state index in [0.29, 0.717) is 11.3 Å². The maximum Gasteiger partial charge on any atom is 0.0717 e. The normalized spacial score (nSPS) is 27.8. The zero-order valence-corrected chi connectivity index (χ0v) is 17.6. The third-order valence-electron chi connectivity index (χ3n) is 7.35. The summed E-state index contributed by atoms with van der Waals surface area (Å²) < 4.78 is 6.05. The highest BCUT2D eigenvalue weighted by Gasteiger charge is 2.51. The topological polar surface area (TPSA) is 9.23 Å². The van der Waals surface area contributed by atoms with Crippen molar-refractivity contribution in [3.05, 3.63) is 70.8 Å². The minimum atomic E-state index is 0.281. The molecule has 1 nitrogen and oxygen atoms in total. The molecule has 144 valence electrons. The van der Waals surface area contributed by atoms with Gasteiger partial charge in [-0.15, -0.1) is 0 Å². The van der Waals surface area contributed by atoms with E-state index in [1.165, 1.54) is 30.4 Å². The van der Waals surface area contributed by atoms with Gasteiger partial charge in [-0.1, -0.05) is 83.1 Å². The molecule has 2 aliphatic carbocycles. The molecule has 4 rings (SSSR count). The van der Waals surface area contributed by atoms with Crippen molar-refractivity contribution in [2.75, 3.05) is 6.61 Å². The van der Waals surface area contributed by atoms with Gasteiger partial charge in [-0.3, -0.25) is 0 Å². The Balaban J connectivity index is 1.48. The summed E-state index contributed by atoms with van der Waals surface area (Å²) in [7, 11) is 0. The summed E-state index contributed by atoms with van der Waals surface area (Å²) in [5.74, 6) is 0.638. The first-order valence-electron chi connectivity index (χ1n) is 10.5. The predicted octanol–water partition coefficient (Wildman–Crippen LogP) is 6.53. The van der Waals surface area contributed by atoms with E-state index in [9.17, 15) is 0 Å². The fraction of sp³-hybridized carbons (Fsp3) is 0.538. The molecular weight excluding hydrogens is 328 g/mol. The third-order valence-corrected chi connectivity index (χ3v) is 7.35. The Labute approximate surface area is 165 Å². The molecule has 27 heavy (non-hydrogen) atoms. The van der Waals surface area contributed by atoms with Crippen molar-refractivity contribution in [2.24, 2.45) is 5.92 Å². The van der Waals surface area contributed by atoms with Gasteiger partial charge >= 0.3 is 0 Å². The van der Waals surface area contributed by atoms with Crippen LogP contribution in [0.5, 0.6) is 0 Å². The number of hydrogen-bond donors (Lipinski definition) is 0. The van der Waals surface area contributed by atoms with E-state index in [2.05, 4.69) is 83.1 Å². The van der Waals surface area contributed by atoms with Crippen molar-refractivity contribution >= 4 is 0 Å². The summed E-state index contributed by atoms with van der Waals surface area (Å²) in [4.78, 5) is 0. The lowest BCUT2D eigenvalue weighted by Gasteiger charge is -2.42. The molecule has 2 aliphatic rings. The Kier molecular flexibility index (Phi) is 4.50. The fourth-order valence-electron chi connectivity index (χ4n) is 4.89. The zero-order valence-electron chi connectivity index (χ0n) is 17.6. The van der Waals surface area contributed by atoms with E-state index >= 15 is 0 Å². The standard InChI is InChI=1S/C26H34O/c1-24(2)13-14-25(3,4)23-15-20(11-12-22(23)24)26(5)16-21(26)18-27-17-19-9-7-6-8-10-19/h6-12,15,21H,13-14,16-18H2,1-5H3. The highest BCUT2D eigenvalue weighted by atomic mass is 16.5. The highest BCUT2D eigenvalue weighted by molar-refractivity contribution is 5.47. The SMILES string of the molecule is CC1(C)CCC(C)(C)c2cc(C3(C)CC3COCc3ccccc3)ccc21. The summed E-state index contributed by atoms with van der Waals surface area (Å²) in [6.07, 6.45) is 3.79. The molecular formula is C26H34O. The van der Waals surface area contributed by atoms with Gasteiger partial charge in [0.2, 0.25) is 0 Å². The second kappa shape index (κ2) is 6.48. The minimum Gasteiger partial charge on any atom is -0.376 e. The van der Waals surface area contributed by atoms with Crippen LogP contribution in [0, 0.1) is 5.92 Å². The van der Waals surface area contributed by atoms with Gasteiger partial charge in [0, 0.05) is 0 Å². The van der Waals surface area contributed by atoms with Crippen LogP contribution in [0.2, 0.25) is 0 Å². The van der Waals surface area contributed by atoms with E-state index in [1.807, 2.05) is 0 Å². The van der Waals surface area contributed by atoms with Crippen LogP contribution in [-0.2, 0) is 27.6 Å². The van der Waals surface area contributed by atoms with Gasteiger partial charge in [0.1, 0.15) is 0 Å². The molecule has 0 spiro atoms. The minimum absolute atomic E-state index is 0.281. The van der Waals surface area contributed by atoms with Crippen molar-refractivity contribution in [3.63, 3.8) is 0 Å². The lowest BCUT2D eigenvalue weighted by molar-refractivity contribution is 0.106. The molecule has 0 saturated heterocycles. The van der Waals surface area contributed by atoms with E-state index in [0.717, 1.165) is 13.2 Å². The predicted molar refractivity (Wildman–Crippen MR) is 113 cm³/mol. The molecule has 0 aromatic heterocycles. The molecule has 0 N–H and O–H groups in total. The molecule has 2 aromatic rings. The molecule has 2 aromatic carbocycles. The lowest BCUT2D eigenvalue weighted by atomic mass is 9.62. The van der Waals surface area contributed by atoms with Crippen molar-refractivity contribution in [1.29, 1.82) is 0 Å². The first kappa shape index (κ1) is 18.7. The van der Waals surface area contributed by atoms with E-state index in [1.54, 1.807) is 11.1 Å². The number of benzene rings is 2. The molecule has 0 amide bonds. The van der Waals surface area contributed by atoms with Crippen LogP contribution in [0.3, 0.4) is 0 Å². The average Bonchev–Trinajstić information content (AvgIpc) is 3.31. The van der Waals surface area contributed by atoms with E-state index in [-0.39, 0.29) is 10.8 Å². The Morgan fingerprint density at radius 3 is 2.22 bits per heavy atom. The number of fused-ring (bicyclic) bond motifs is 1. The van der Waals surface area contributed by atoms with Gasteiger partial charge in [0.05, 0.1) is 13.2 Å². The molecule has 1 fully saturated rings. The van der Waals surface area contributed by atoms with E-state index in [4.69, 9.17) is 4.74 Å². The lowest BCUT2D eigenvalue weighted by Crippen LogP contribution is -2.34. The summed E-state index contributed by atoms with van der Waals surface area (Å²) in [5.41, 5.74) is 6.77. The van der Waals surface area contributed by atoms with Crippen molar-refractivity contribution in [1.82, 2.24) is 0 Å². The van der Waals surface area contributed by atoms with Gasteiger partial charge in [0.15, 0.2) is 0 Å². The summed E-state index contributed by atoms with van der Waals surface area (Å²) >= 11 is 0. The Hall–Kier alpha value is -1.60. The summed E-state index contributed by atoms with van der Waals surface area (Å²) in [6.45, 7) is 13.6. The van der Waals surface area contributed by atoms with Crippen molar-refractivity contribution in [3.8, 4) is 0 Å². The van der Waals surface area contributed by atoms with Crippen LogP contribution >= 0.6 is 0 Å². The fourth-order valence-corrected chi connectivity index (χ4v) is 4.89. The summed E-state index contributed by atoms with van der Waals surface area (Å²) in [6, 6.07) is 17.9. The number of ether oxygens (including phenoxy) is 1. The first-order chi connectivity index (χ1) is 12.7. The van der Waals surface area contributed by atoms with Crippen molar-refractivity contribution < 1.29 is 4.74 Å². The zero-order chi connectivity index (χ0) is 19.3. The largest absolute Gasteiger partial charge is 0.376 e. The quantitative estimate of drug-likeness (QED) is 0.587. The van der Waals surface area contributed by atoms with Crippen molar-refractivity contribution in [2.45, 2.75) is 76.7 Å². The van der Waals surface area contributed by atoms with Crippen LogP contribution in [0.1, 0.15) is 76.1 Å². The van der Waals surface area contributed by atoms with Crippen LogP contribution in [0.25, 0.3) is 0 Å². The Morgan fingerprint density at radius 2 is 1.52 bits per heavy atom. The third kappa shape index (κ3) is 3.47. The Morgan fingerprint density at radius 1 is 0.852 bits per heavy atom. The molecule has 2 atom stereocenters. The smallest absolute Gasteiger partial charge is 0.0717 e. The Bertz CT molecular complexity index is 817. The van der Waals surface area contributed by atoms with Crippen LogP contribution in [0.15, 0.2) is 48.5 Å². The highest BCUT2D eigenvalue weighted by Crippen LogP contribution is 2.56. The number of rotatable bonds is 5. The molecule has 0 aliphatic heterocycles. The van der Waals surface area contributed by atoms with Gasteiger partial charge in [-0.2, -0.15) is 0 Å². The monoisotopic (exact) mass is 362 g/mol. The molecule has 1 heteroatoms. The van der Waals surface area contributed by atoms with Gasteiger partial charge < -0.3 is 4.74 Å². The van der Waals surface area contributed by atoms with E-state index < -0.39 is 0 Å². The van der Waals surface area contributed by atoms with Crippen LogP contribution in [-0.4, -0.2) is 6.61 Å². The molecule has 1 saturated carbocycles. The van der Waals surface area contributed by atoms with Gasteiger partial charge in [-0.05, 0) is 63.7 Å². The molecule has 0 heterocycles. The number of hydrogen-bond acceptors (Lipinski definition) is 1. The van der Waals surface area contributed by atoms with Gasteiger partial charge in [-0.25, -0.2) is 0 Å². The first-order valence-corrected chi connectivity index (χ1v) is 10.5. The summed E-state index contributed by atoms with van der Waals surface area (Å²) in [5, 5.41) is 0. The van der Waals surface area contributed by atoms with Gasteiger partial charge in [0.25, 0.3) is 0 Å². The maximum atomic E-state index is 6.05. The van der Waals surface area contributed by atoms with Crippen LogP contribution < -0.4 is 0 Å².